The molecule has 1 unspecified atom stereocenters. The SMILES string of the molecule is CC.CCC(C)CNC.[HH]. The Balaban J connectivity index is -0.000000149. The molecule has 60 valence electrons. The van der Waals surface area contributed by atoms with E-state index in [1.165, 1.54) is 6.42 Å². The molecule has 0 aromatic heterocycles. The number of nitrogens with one attached hydrogen (secondary N) is 1. The van der Waals surface area contributed by atoms with Crippen LogP contribution in [0, 0.1) is 5.92 Å². The van der Waals surface area contributed by atoms with E-state index in [4.69, 9.17) is 0 Å². The van der Waals surface area contributed by atoms with Gasteiger partial charge in [-0.3, -0.25) is 0 Å². The fraction of sp³-hybridized carbons (Fsp3) is 1.00. The summed E-state index contributed by atoms with van der Waals surface area (Å²) >= 11 is 0. The predicted octanol–water partition coefficient (Wildman–Crippen LogP) is 2.52. The molecule has 0 bridgehead atoms. The smallest absolute Gasteiger partial charge is 0 e. The highest BCUT2D eigenvalue weighted by molar-refractivity contribution is 4.49. The molecule has 0 heterocycles. The molecule has 1 N–H and O–H groups in total. The third-order valence-electron chi connectivity index (χ3n) is 1.25. The van der Waals surface area contributed by atoms with E-state index in [0.29, 0.717) is 0 Å². The lowest BCUT2D eigenvalue weighted by Gasteiger charge is -2.04. The van der Waals surface area contributed by atoms with E-state index in [9.17, 15) is 0 Å². The third-order valence-corrected chi connectivity index (χ3v) is 1.25. The maximum Gasteiger partial charge on any atom is 0 e. The minimum Gasteiger partial charge on any atom is -0.319 e. The van der Waals surface area contributed by atoms with Gasteiger partial charge in [0.2, 0.25) is 0 Å². The molecular formula is C8H23N. The monoisotopic (exact) mass is 133 g/mol. The third kappa shape index (κ3) is 11.5. The topological polar surface area (TPSA) is 12.0 Å². The first-order chi connectivity index (χ1) is 4.31. The van der Waals surface area contributed by atoms with Crippen LogP contribution in [0.15, 0.2) is 0 Å². The zero-order chi connectivity index (χ0) is 7.70. The zero-order valence-electron chi connectivity index (χ0n) is 7.49. The lowest BCUT2D eigenvalue weighted by Crippen LogP contribution is -2.14. The van der Waals surface area contributed by atoms with E-state index in [2.05, 4.69) is 19.2 Å². The maximum absolute atomic E-state index is 3.12. The van der Waals surface area contributed by atoms with Crippen LogP contribution in [0.25, 0.3) is 0 Å². The summed E-state index contributed by atoms with van der Waals surface area (Å²) in [6, 6.07) is 0. The molecule has 0 aliphatic heterocycles. The van der Waals surface area contributed by atoms with Gasteiger partial charge in [0.25, 0.3) is 0 Å². The molecule has 9 heavy (non-hydrogen) atoms. The highest BCUT2D eigenvalue weighted by atomic mass is 14.8. The molecule has 0 amide bonds. The summed E-state index contributed by atoms with van der Waals surface area (Å²) in [6.45, 7) is 9.61. The Morgan fingerprint density at radius 1 is 1.44 bits per heavy atom. The molecule has 0 aliphatic rings. The molecule has 1 atom stereocenters. The fourth-order valence-electron chi connectivity index (χ4n) is 0.493. The fourth-order valence-corrected chi connectivity index (χ4v) is 0.493. The van der Waals surface area contributed by atoms with Gasteiger partial charge in [-0.25, -0.2) is 0 Å². The molecular weight excluding hydrogens is 110 g/mol. The van der Waals surface area contributed by atoms with Gasteiger partial charge in [-0.05, 0) is 19.5 Å². The Morgan fingerprint density at radius 2 is 1.89 bits per heavy atom. The number of rotatable bonds is 3. The van der Waals surface area contributed by atoms with Crippen LogP contribution in [0.3, 0.4) is 0 Å². The Morgan fingerprint density at radius 3 is 2.00 bits per heavy atom. The average molecular weight is 133 g/mol. The van der Waals surface area contributed by atoms with Crippen molar-refractivity contribution in [1.82, 2.24) is 5.32 Å². The highest BCUT2D eigenvalue weighted by Crippen LogP contribution is 1.95. The Hall–Kier alpha value is -0.0400. The number of hydrogen-bond donors (Lipinski definition) is 1. The number of hydrogen-bond acceptors (Lipinski definition) is 1. The van der Waals surface area contributed by atoms with Crippen molar-refractivity contribution in [2.45, 2.75) is 34.1 Å². The van der Waals surface area contributed by atoms with Crippen LogP contribution in [0.4, 0.5) is 0 Å². The van der Waals surface area contributed by atoms with Crippen LogP contribution >= 0.6 is 0 Å². The Labute approximate surface area is 61.3 Å². The Bertz CT molecular complexity index is 40.2. The first-order valence-electron chi connectivity index (χ1n) is 3.95. The van der Waals surface area contributed by atoms with E-state index < -0.39 is 0 Å². The first kappa shape index (κ1) is 11.7. The normalized spacial score (nSPS) is 11.7. The largest absolute Gasteiger partial charge is 0.319 e. The van der Waals surface area contributed by atoms with Crippen molar-refractivity contribution in [3.8, 4) is 0 Å². The molecule has 0 saturated carbocycles. The summed E-state index contributed by atoms with van der Waals surface area (Å²) in [7, 11) is 1.99. The quantitative estimate of drug-likeness (QED) is 0.624. The molecule has 0 aromatic rings. The molecule has 0 radical (unpaired) electrons. The summed E-state index contributed by atoms with van der Waals surface area (Å²) in [5.74, 6) is 0.838. The van der Waals surface area contributed by atoms with E-state index in [0.717, 1.165) is 12.5 Å². The molecule has 1 nitrogen and oxygen atoms in total. The Kier molecular flexibility index (Phi) is 14.1. The van der Waals surface area contributed by atoms with Gasteiger partial charge < -0.3 is 5.32 Å². The average Bonchev–Trinajstić information content (AvgIpc) is 1.93. The first-order valence-corrected chi connectivity index (χ1v) is 3.95. The molecule has 0 spiro atoms. The molecule has 0 aromatic carbocycles. The minimum atomic E-state index is 0. The molecule has 0 rings (SSSR count). The van der Waals surface area contributed by atoms with Crippen LogP contribution in [0.1, 0.15) is 35.5 Å². The van der Waals surface area contributed by atoms with Crippen LogP contribution in [0.2, 0.25) is 0 Å². The minimum absolute atomic E-state index is 0. The predicted molar refractivity (Wildman–Crippen MR) is 46.8 cm³/mol. The van der Waals surface area contributed by atoms with Crippen molar-refractivity contribution in [2.75, 3.05) is 13.6 Å². The summed E-state index contributed by atoms with van der Waals surface area (Å²) in [5, 5.41) is 3.12. The highest BCUT2D eigenvalue weighted by Gasteiger charge is 1.91. The second-order valence-corrected chi connectivity index (χ2v) is 2.07. The van der Waals surface area contributed by atoms with Crippen LogP contribution in [-0.4, -0.2) is 13.6 Å². The van der Waals surface area contributed by atoms with E-state index >= 15 is 0 Å². The van der Waals surface area contributed by atoms with Crippen molar-refractivity contribution in [3.63, 3.8) is 0 Å². The lowest BCUT2D eigenvalue weighted by atomic mass is 10.1. The van der Waals surface area contributed by atoms with Gasteiger partial charge in [-0.2, -0.15) is 0 Å². The van der Waals surface area contributed by atoms with Gasteiger partial charge in [-0.15, -0.1) is 0 Å². The van der Waals surface area contributed by atoms with Gasteiger partial charge in [0.15, 0.2) is 0 Å². The second-order valence-electron chi connectivity index (χ2n) is 2.07. The second kappa shape index (κ2) is 10.9. The summed E-state index contributed by atoms with van der Waals surface area (Å²) < 4.78 is 0. The molecule has 0 aliphatic carbocycles. The van der Waals surface area contributed by atoms with Gasteiger partial charge in [0.05, 0.1) is 0 Å². The van der Waals surface area contributed by atoms with Crippen LogP contribution in [-0.2, 0) is 0 Å². The standard InChI is InChI=1S/C6H15N.C2H6.H2/c1-4-6(2)5-7-3;1-2;/h6-7H,4-5H2,1-3H3;1-2H3;1H. The summed E-state index contributed by atoms with van der Waals surface area (Å²) in [5.41, 5.74) is 0. The van der Waals surface area contributed by atoms with Crippen molar-refractivity contribution >= 4 is 0 Å². The van der Waals surface area contributed by atoms with Crippen molar-refractivity contribution < 1.29 is 1.43 Å². The van der Waals surface area contributed by atoms with Crippen LogP contribution < -0.4 is 5.32 Å². The molecule has 1 heteroatoms. The van der Waals surface area contributed by atoms with E-state index in [1.807, 2.05) is 20.9 Å². The van der Waals surface area contributed by atoms with Crippen LogP contribution in [0.5, 0.6) is 0 Å². The van der Waals surface area contributed by atoms with Gasteiger partial charge in [-0.1, -0.05) is 34.1 Å². The summed E-state index contributed by atoms with van der Waals surface area (Å²) in [4.78, 5) is 0. The van der Waals surface area contributed by atoms with Gasteiger partial charge >= 0.3 is 0 Å². The molecule has 0 saturated heterocycles. The maximum atomic E-state index is 3.12. The van der Waals surface area contributed by atoms with Crippen molar-refractivity contribution in [3.05, 3.63) is 0 Å². The van der Waals surface area contributed by atoms with Gasteiger partial charge in [0.1, 0.15) is 0 Å². The summed E-state index contributed by atoms with van der Waals surface area (Å²) in [6.07, 6.45) is 1.28. The lowest BCUT2D eigenvalue weighted by molar-refractivity contribution is 0.528. The zero-order valence-corrected chi connectivity index (χ0v) is 7.49. The van der Waals surface area contributed by atoms with E-state index in [1.54, 1.807) is 0 Å². The van der Waals surface area contributed by atoms with Crippen molar-refractivity contribution in [1.29, 1.82) is 0 Å². The van der Waals surface area contributed by atoms with E-state index in [-0.39, 0.29) is 1.43 Å². The van der Waals surface area contributed by atoms with Crippen molar-refractivity contribution in [2.24, 2.45) is 5.92 Å². The molecule has 0 fully saturated rings. The van der Waals surface area contributed by atoms with Gasteiger partial charge in [0, 0.05) is 1.43 Å².